The minimum atomic E-state index is 0.220. The van der Waals surface area contributed by atoms with E-state index < -0.39 is 0 Å². The van der Waals surface area contributed by atoms with Crippen LogP contribution in [-0.2, 0) is 6.42 Å². The minimum absolute atomic E-state index is 0.220. The van der Waals surface area contributed by atoms with Crippen molar-refractivity contribution >= 4 is 5.78 Å². The summed E-state index contributed by atoms with van der Waals surface area (Å²) in [6.45, 7) is 2.10. The summed E-state index contributed by atoms with van der Waals surface area (Å²) in [7, 11) is 0. The van der Waals surface area contributed by atoms with E-state index in [2.05, 4.69) is 6.92 Å². The molecule has 0 amide bonds. The summed E-state index contributed by atoms with van der Waals surface area (Å²) in [5, 5.41) is 9.32. The lowest BCUT2D eigenvalue weighted by Gasteiger charge is -2.22. The van der Waals surface area contributed by atoms with Crippen LogP contribution in [0.15, 0.2) is 18.2 Å². The fraction of sp³-hybridized carbons (Fsp3) is 0.417. The predicted octanol–water partition coefficient (Wildman–Crippen LogP) is 2.55. The molecule has 0 saturated carbocycles. The molecule has 0 bridgehead atoms. The van der Waals surface area contributed by atoms with E-state index in [4.69, 9.17) is 0 Å². The molecule has 1 unspecified atom stereocenters. The molecule has 1 aliphatic carbocycles. The quantitative estimate of drug-likeness (QED) is 0.738. The van der Waals surface area contributed by atoms with Crippen molar-refractivity contribution in [2.24, 2.45) is 5.92 Å². The number of carbonyl (C=O) groups is 1. The first kappa shape index (κ1) is 9.25. The van der Waals surface area contributed by atoms with Crippen LogP contribution in [0.2, 0.25) is 0 Å². The average molecular weight is 190 g/mol. The SMILES string of the molecule is CCC1CC(=O)c2ccc(O)cc2C1. The van der Waals surface area contributed by atoms with Gasteiger partial charge >= 0.3 is 0 Å². The molecule has 2 rings (SSSR count). The molecular formula is C12H14O2. The second kappa shape index (κ2) is 3.45. The van der Waals surface area contributed by atoms with Crippen molar-refractivity contribution in [1.29, 1.82) is 0 Å². The number of carbonyl (C=O) groups excluding carboxylic acids is 1. The average Bonchev–Trinajstić information content (AvgIpc) is 2.16. The van der Waals surface area contributed by atoms with Gasteiger partial charge in [0.05, 0.1) is 0 Å². The number of fused-ring (bicyclic) bond motifs is 1. The summed E-state index contributed by atoms with van der Waals surface area (Å²) in [6, 6.07) is 5.04. The molecule has 0 saturated heterocycles. The van der Waals surface area contributed by atoms with Crippen LogP contribution in [0.5, 0.6) is 5.75 Å². The van der Waals surface area contributed by atoms with Crippen molar-refractivity contribution in [3.8, 4) is 5.75 Å². The first-order valence-corrected chi connectivity index (χ1v) is 5.05. The van der Waals surface area contributed by atoms with E-state index in [1.54, 1.807) is 18.2 Å². The number of benzene rings is 1. The van der Waals surface area contributed by atoms with Crippen LogP contribution >= 0.6 is 0 Å². The smallest absolute Gasteiger partial charge is 0.163 e. The van der Waals surface area contributed by atoms with Gasteiger partial charge in [0.2, 0.25) is 0 Å². The highest BCUT2D eigenvalue weighted by Gasteiger charge is 2.23. The number of Topliss-reactive ketones (excluding diaryl/α,β-unsaturated/α-hetero) is 1. The van der Waals surface area contributed by atoms with Crippen molar-refractivity contribution in [2.45, 2.75) is 26.2 Å². The van der Waals surface area contributed by atoms with E-state index in [1.165, 1.54) is 0 Å². The summed E-state index contributed by atoms with van der Waals surface area (Å²) in [5.41, 5.74) is 1.81. The minimum Gasteiger partial charge on any atom is -0.508 e. The molecule has 0 aliphatic heterocycles. The third-order valence-corrected chi connectivity index (χ3v) is 2.95. The standard InChI is InChI=1S/C12H14O2/c1-2-8-5-9-7-10(13)3-4-11(9)12(14)6-8/h3-4,7-8,13H,2,5-6H2,1H3. The molecule has 0 spiro atoms. The third-order valence-electron chi connectivity index (χ3n) is 2.95. The van der Waals surface area contributed by atoms with E-state index in [0.717, 1.165) is 24.0 Å². The van der Waals surface area contributed by atoms with E-state index in [9.17, 15) is 9.90 Å². The normalized spacial score (nSPS) is 20.6. The first-order valence-electron chi connectivity index (χ1n) is 5.05. The van der Waals surface area contributed by atoms with E-state index in [-0.39, 0.29) is 11.5 Å². The number of hydrogen-bond acceptors (Lipinski definition) is 2. The van der Waals surface area contributed by atoms with Crippen LogP contribution < -0.4 is 0 Å². The molecule has 0 heterocycles. The van der Waals surface area contributed by atoms with Crippen LogP contribution in [-0.4, -0.2) is 10.9 Å². The zero-order valence-electron chi connectivity index (χ0n) is 8.29. The highest BCUT2D eigenvalue weighted by molar-refractivity contribution is 5.98. The predicted molar refractivity (Wildman–Crippen MR) is 54.5 cm³/mol. The lowest BCUT2D eigenvalue weighted by molar-refractivity contribution is 0.0947. The molecule has 1 aromatic rings. The van der Waals surface area contributed by atoms with Gasteiger partial charge in [-0.1, -0.05) is 13.3 Å². The van der Waals surface area contributed by atoms with Crippen LogP contribution in [0.25, 0.3) is 0 Å². The number of phenols is 1. The maximum Gasteiger partial charge on any atom is 0.163 e. The lowest BCUT2D eigenvalue weighted by Crippen LogP contribution is -2.19. The Kier molecular flexibility index (Phi) is 2.28. The van der Waals surface area contributed by atoms with Crippen LogP contribution in [0.1, 0.15) is 35.7 Å². The van der Waals surface area contributed by atoms with Crippen LogP contribution in [0, 0.1) is 5.92 Å². The Labute approximate surface area is 83.6 Å². The number of phenolic OH excluding ortho intramolecular Hbond substituents is 1. The lowest BCUT2D eigenvalue weighted by atomic mass is 9.82. The van der Waals surface area contributed by atoms with Crippen LogP contribution in [0.4, 0.5) is 0 Å². The molecule has 1 aliphatic rings. The van der Waals surface area contributed by atoms with Crippen LogP contribution in [0.3, 0.4) is 0 Å². The van der Waals surface area contributed by atoms with Gasteiger partial charge in [-0.25, -0.2) is 0 Å². The van der Waals surface area contributed by atoms with Gasteiger partial charge in [-0.05, 0) is 36.1 Å². The van der Waals surface area contributed by atoms with Crippen molar-refractivity contribution < 1.29 is 9.90 Å². The van der Waals surface area contributed by atoms with Gasteiger partial charge in [0.1, 0.15) is 5.75 Å². The van der Waals surface area contributed by atoms with Crippen molar-refractivity contribution in [1.82, 2.24) is 0 Å². The van der Waals surface area contributed by atoms with Gasteiger partial charge in [-0.3, -0.25) is 4.79 Å². The molecule has 0 aromatic heterocycles. The first-order chi connectivity index (χ1) is 6.70. The summed E-state index contributed by atoms with van der Waals surface area (Å²) in [5.74, 6) is 0.934. The van der Waals surface area contributed by atoms with Gasteiger partial charge in [-0.2, -0.15) is 0 Å². The van der Waals surface area contributed by atoms with Gasteiger partial charge in [-0.15, -0.1) is 0 Å². The summed E-state index contributed by atoms with van der Waals surface area (Å²) in [6.07, 6.45) is 2.61. The fourth-order valence-corrected chi connectivity index (χ4v) is 2.07. The molecule has 2 nitrogen and oxygen atoms in total. The number of hydrogen-bond donors (Lipinski definition) is 1. The molecule has 1 atom stereocenters. The summed E-state index contributed by atoms with van der Waals surface area (Å²) >= 11 is 0. The molecular weight excluding hydrogens is 176 g/mol. The fourth-order valence-electron chi connectivity index (χ4n) is 2.07. The highest BCUT2D eigenvalue weighted by atomic mass is 16.3. The molecule has 74 valence electrons. The van der Waals surface area contributed by atoms with Gasteiger partial charge in [0, 0.05) is 12.0 Å². The van der Waals surface area contributed by atoms with E-state index in [1.807, 2.05) is 0 Å². The Morgan fingerprint density at radius 2 is 2.21 bits per heavy atom. The second-order valence-electron chi connectivity index (χ2n) is 3.95. The second-order valence-corrected chi connectivity index (χ2v) is 3.95. The highest BCUT2D eigenvalue weighted by Crippen LogP contribution is 2.29. The van der Waals surface area contributed by atoms with Gasteiger partial charge < -0.3 is 5.11 Å². The Morgan fingerprint density at radius 1 is 1.43 bits per heavy atom. The van der Waals surface area contributed by atoms with E-state index >= 15 is 0 Å². The Bertz CT molecular complexity index is 369. The monoisotopic (exact) mass is 190 g/mol. The molecule has 0 radical (unpaired) electrons. The Morgan fingerprint density at radius 3 is 2.93 bits per heavy atom. The molecule has 2 heteroatoms. The zero-order valence-corrected chi connectivity index (χ0v) is 8.29. The maximum absolute atomic E-state index is 11.7. The summed E-state index contributed by atoms with van der Waals surface area (Å²) in [4.78, 5) is 11.7. The zero-order chi connectivity index (χ0) is 10.1. The maximum atomic E-state index is 11.7. The molecule has 1 aromatic carbocycles. The summed E-state index contributed by atoms with van der Waals surface area (Å²) < 4.78 is 0. The van der Waals surface area contributed by atoms with Crippen molar-refractivity contribution in [3.05, 3.63) is 29.3 Å². The van der Waals surface area contributed by atoms with Gasteiger partial charge in [0.25, 0.3) is 0 Å². The Hall–Kier alpha value is -1.31. The van der Waals surface area contributed by atoms with Crippen molar-refractivity contribution in [3.63, 3.8) is 0 Å². The van der Waals surface area contributed by atoms with E-state index in [0.29, 0.717) is 12.3 Å². The third kappa shape index (κ3) is 1.52. The topological polar surface area (TPSA) is 37.3 Å². The number of ketones is 1. The number of rotatable bonds is 1. The van der Waals surface area contributed by atoms with Gasteiger partial charge in [0.15, 0.2) is 5.78 Å². The van der Waals surface area contributed by atoms with Crippen molar-refractivity contribution in [2.75, 3.05) is 0 Å². The Balaban J connectivity index is 2.40. The number of aromatic hydroxyl groups is 1. The molecule has 0 fully saturated rings. The molecule has 14 heavy (non-hydrogen) atoms. The largest absolute Gasteiger partial charge is 0.508 e. The molecule has 1 N–H and O–H groups in total.